The molecule has 2 aromatic carbocycles. The number of rotatable bonds is 6. The average Bonchev–Trinajstić information content (AvgIpc) is 3.22. The Labute approximate surface area is 185 Å². The number of imidazole rings is 1. The van der Waals surface area contributed by atoms with Crippen LogP contribution in [0.2, 0.25) is 0 Å². The molecule has 5 rings (SSSR count). The normalized spacial score (nSPS) is 13.9. The maximum atomic E-state index is 5.96. The molecule has 1 aliphatic heterocycles. The van der Waals surface area contributed by atoms with E-state index in [1.807, 2.05) is 36.4 Å². The zero-order valence-electron chi connectivity index (χ0n) is 18.0. The molecule has 2 N–H and O–H groups in total. The summed E-state index contributed by atoms with van der Waals surface area (Å²) in [5.74, 6) is 2.69. The van der Waals surface area contributed by atoms with Crippen LogP contribution in [0.15, 0.2) is 48.5 Å². The van der Waals surface area contributed by atoms with Crippen molar-refractivity contribution in [2.75, 3.05) is 43.6 Å². The number of aromatic amines is 1. The van der Waals surface area contributed by atoms with E-state index in [-0.39, 0.29) is 6.01 Å². The first kappa shape index (κ1) is 20.1. The summed E-state index contributed by atoms with van der Waals surface area (Å²) < 4.78 is 16.7. The molecular weight excluding hydrogens is 408 g/mol. The van der Waals surface area contributed by atoms with Crippen molar-refractivity contribution < 1.29 is 14.2 Å². The Morgan fingerprint density at radius 3 is 2.53 bits per heavy atom. The minimum absolute atomic E-state index is 0.245. The van der Waals surface area contributed by atoms with E-state index in [0.29, 0.717) is 36.1 Å². The van der Waals surface area contributed by atoms with Crippen molar-refractivity contribution >= 4 is 28.6 Å². The van der Waals surface area contributed by atoms with Gasteiger partial charge in [0.15, 0.2) is 17.0 Å². The number of hydrogen-bond donors (Lipinski definition) is 2. The van der Waals surface area contributed by atoms with Crippen molar-refractivity contribution in [3.05, 3.63) is 54.1 Å². The first-order valence-corrected chi connectivity index (χ1v) is 10.4. The first-order valence-electron chi connectivity index (χ1n) is 10.4. The third-order valence-corrected chi connectivity index (χ3v) is 5.17. The van der Waals surface area contributed by atoms with E-state index in [1.54, 1.807) is 7.11 Å². The number of ether oxygens (including phenoxy) is 3. The maximum Gasteiger partial charge on any atom is 0.326 e. The smallest absolute Gasteiger partial charge is 0.326 e. The number of H-pyrrole nitrogens is 1. The molecular formula is C23H24N6O3. The van der Waals surface area contributed by atoms with Gasteiger partial charge >= 0.3 is 6.01 Å². The predicted molar refractivity (Wildman–Crippen MR) is 122 cm³/mol. The third kappa shape index (κ3) is 4.28. The van der Waals surface area contributed by atoms with Gasteiger partial charge in [0.05, 0.1) is 20.3 Å². The summed E-state index contributed by atoms with van der Waals surface area (Å²) in [7, 11) is 1.63. The molecule has 4 aromatic rings. The van der Waals surface area contributed by atoms with Gasteiger partial charge in [-0.05, 0) is 48.9 Å². The number of anilines is 3. The molecule has 0 unspecified atom stereocenters. The van der Waals surface area contributed by atoms with E-state index in [9.17, 15) is 0 Å². The highest BCUT2D eigenvalue weighted by Gasteiger charge is 2.21. The van der Waals surface area contributed by atoms with Crippen molar-refractivity contribution in [3.8, 4) is 17.5 Å². The van der Waals surface area contributed by atoms with Crippen LogP contribution in [0.5, 0.6) is 17.5 Å². The highest BCUT2D eigenvalue weighted by molar-refractivity contribution is 5.86. The summed E-state index contributed by atoms with van der Waals surface area (Å²) in [5.41, 5.74) is 3.39. The monoisotopic (exact) mass is 432 g/mol. The van der Waals surface area contributed by atoms with Crippen LogP contribution in [0.4, 0.5) is 17.5 Å². The lowest BCUT2D eigenvalue weighted by atomic mass is 10.2. The van der Waals surface area contributed by atoms with Gasteiger partial charge in [0.2, 0.25) is 5.95 Å². The Hall–Kier alpha value is -3.85. The van der Waals surface area contributed by atoms with Crippen molar-refractivity contribution in [2.24, 2.45) is 0 Å². The lowest BCUT2D eigenvalue weighted by Gasteiger charge is -2.27. The van der Waals surface area contributed by atoms with Crippen molar-refractivity contribution in [1.29, 1.82) is 0 Å². The van der Waals surface area contributed by atoms with Gasteiger partial charge in [0.1, 0.15) is 11.5 Å². The van der Waals surface area contributed by atoms with Gasteiger partial charge in [-0.15, -0.1) is 0 Å². The molecule has 0 aliphatic carbocycles. The summed E-state index contributed by atoms with van der Waals surface area (Å²) in [6.07, 6.45) is 0. The minimum Gasteiger partial charge on any atom is -0.497 e. The zero-order chi connectivity index (χ0) is 21.9. The number of hydrogen-bond acceptors (Lipinski definition) is 8. The maximum absolute atomic E-state index is 5.96. The second-order valence-electron chi connectivity index (χ2n) is 7.48. The highest BCUT2D eigenvalue weighted by Crippen LogP contribution is 2.30. The number of morpholine rings is 1. The summed E-state index contributed by atoms with van der Waals surface area (Å²) >= 11 is 0. The summed E-state index contributed by atoms with van der Waals surface area (Å²) in [6.45, 7) is 4.77. The molecule has 1 aliphatic rings. The molecule has 0 radical (unpaired) electrons. The van der Waals surface area contributed by atoms with Crippen LogP contribution in [0, 0.1) is 6.92 Å². The number of fused-ring (bicyclic) bond motifs is 1. The molecule has 32 heavy (non-hydrogen) atoms. The SMILES string of the molecule is COc1ccc(Oc2nc(N3CCOCC3)c3nc(Nc4cccc(C)c4)[nH]c3n2)cc1. The second kappa shape index (κ2) is 8.72. The molecule has 1 fully saturated rings. The van der Waals surface area contributed by atoms with Crippen molar-refractivity contribution in [3.63, 3.8) is 0 Å². The first-order chi connectivity index (χ1) is 15.7. The molecule has 0 bridgehead atoms. The van der Waals surface area contributed by atoms with Gasteiger partial charge in [0.25, 0.3) is 0 Å². The van der Waals surface area contributed by atoms with Crippen LogP contribution >= 0.6 is 0 Å². The molecule has 9 nitrogen and oxygen atoms in total. The number of methoxy groups -OCH3 is 1. The Balaban J connectivity index is 1.51. The minimum atomic E-state index is 0.245. The van der Waals surface area contributed by atoms with Gasteiger partial charge < -0.3 is 29.4 Å². The molecule has 3 heterocycles. The number of aromatic nitrogens is 4. The van der Waals surface area contributed by atoms with E-state index in [2.05, 4.69) is 39.2 Å². The van der Waals surface area contributed by atoms with Crippen LogP contribution in [0.3, 0.4) is 0 Å². The fourth-order valence-electron chi connectivity index (χ4n) is 3.57. The van der Waals surface area contributed by atoms with Crippen LogP contribution in [0.25, 0.3) is 11.2 Å². The fourth-order valence-corrected chi connectivity index (χ4v) is 3.57. The fraction of sp³-hybridized carbons (Fsp3) is 0.261. The van der Waals surface area contributed by atoms with E-state index in [4.69, 9.17) is 24.2 Å². The van der Waals surface area contributed by atoms with E-state index in [1.165, 1.54) is 0 Å². The Kier molecular flexibility index (Phi) is 5.47. The lowest BCUT2D eigenvalue weighted by Crippen LogP contribution is -2.37. The van der Waals surface area contributed by atoms with E-state index < -0.39 is 0 Å². The van der Waals surface area contributed by atoms with Gasteiger partial charge in [0, 0.05) is 18.8 Å². The Morgan fingerprint density at radius 1 is 1.00 bits per heavy atom. The van der Waals surface area contributed by atoms with Crippen LogP contribution < -0.4 is 19.7 Å². The van der Waals surface area contributed by atoms with Gasteiger partial charge in [-0.25, -0.2) is 4.98 Å². The molecule has 1 saturated heterocycles. The van der Waals surface area contributed by atoms with E-state index in [0.717, 1.165) is 35.9 Å². The predicted octanol–water partition coefficient (Wildman–Crippen LogP) is 4.04. The van der Waals surface area contributed by atoms with Gasteiger partial charge in [-0.2, -0.15) is 9.97 Å². The van der Waals surface area contributed by atoms with Crippen LogP contribution in [-0.2, 0) is 4.74 Å². The number of nitrogens with one attached hydrogen (secondary N) is 2. The number of aryl methyl sites for hydroxylation is 1. The summed E-state index contributed by atoms with van der Waals surface area (Å²) in [6, 6.07) is 15.6. The van der Waals surface area contributed by atoms with E-state index >= 15 is 0 Å². The molecule has 0 atom stereocenters. The lowest BCUT2D eigenvalue weighted by molar-refractivity contribution is 0.122. The third-order valence-electron chi connectivity index (χ3n) is 5.17. The van der Waals surface area contributed by atoms with Gasteiger partial charge in [-0.3, -0.25) is 0 Å². The number of benzene rings is 2. The van der Waals surface area contributed by atoms with Crippen molar-refractivity contribution in [2.45, 2.75) is 6.92 Å². The quantitative estimate of drug-likeness (QED) is 0.471. The average molecular weight is 432 g/mol. The molecule has 0 spiro atoms. The number of nitrogens with zero attached hydrogens (tertiary/aromatic N) is 4. The topological polar surface area (TPSA) is 97.4 Å². The van der Waals surface area contributed by atoms with Crippen LogP contribution in [0.1, 0.15) is 5.56 Å². The zero-order valence-corrected chi connectivity index (χ0v) is 18.0. The van der Waals surface area contributed by atoms with Gasteiger partial charge in [-0.1, -0.05) is 12.1 Å². The Morgan fingerprint density at radius 2 is 1.78 bits per heavy atom. The summed E-state index contributed by atoms with van der Waals surface area (Å²) in [4.78, 5) is 19.4. The standard InChI is InChI=1S/C23H24N6O3/c1-15-4-3-5-16(14-15)24-22-25-19-20(26-22)27-23(28-21(19)29-10-12-31-13-11-29)32-18-8-6-17(30-2)7-9-18/h3-9,14H,10-13H2,1-2H3,(H2,24,25,26,27,28). The highest BCUT2D eigenvalue weighted by atomic mass is 16.5. The largest absolute Gasteiger partial charge is 0.497 e. The molecule has 2 aromatic heterocycles. The van der Waals surface area contributed by atoms with Crippen LogP contribution in [-0.4, -0.2) is 53.3 Å². The molecule has 0 amide bonds. The molecule has 164 valence electrons. The molecule has 0 saturated carbocycles. The second-order valence-corrected chi connectivity index (χ2v) is 7.48. The summed E-state index contributed by atoms with van der Waals surface area (Å²) in [5, 5.41) is 3.31. The van der Waals surface area contributed by atoms with Crippen molar-refractivity contribution in [1.82, 2.24) is 19.9 Å². The Bertz CT molecular complexity index is 1220. The molecule has 9 heteroatoms.